The number of rotatable bonds is 6. The molecule has 0 bridgehead atoms. The number of amides is 1. The van der Waals surface area contributed by atoms with Gasteiger partial charge in [-0.25, -0.2) is 4.98 Å². The number of fused-ring (bicyclic) bond motifs is 1. The summed E-state index contributed by atoms with van der Waals surface area (Å²) in [6, 6.07) is 12.0. The van der Waals surface area contributed by atoms with Crippen LogP contribution in [0.3, 0.4) is 0 Å². The van der Waals surface area contributed by atoms with Crippen molar-refractivity contribution in [2.24, 2.45) is 0 Å². The van der Waals surface area contributed by atoms with Crippen LogP contribution in [0.25, 0.3) is 5.65 Å². The molecule has 1 N–H and O–H groups in total. The number of carbonyl (C=O) groups excluding carboxylic acids is 2. The van der Waals surface area contributed by atoms with E-state index in [9.17, 15) is 9.59 Å². The molecule has 2 aromatic heterocycles. The molecule has 1 unspecified atom stereocenters. The van der Waals surface area contributed by atoms with Gasteiger partial charge in [0.1, 0.15) is 12.3 Å². The summed E-state index contributed by atoms with van der Waals surface area (Å²) in [5, 5.41) is 3.38. The summed E-state index contributed by atoms with van der Waals surface area (Å²) in [6.07, 6.45) is 3.57. The Hall–Kier alpha value is -2.86. The number of aromatic nitrogens is 2. The lowest BCUT2D eigenvalue weighted by Gasteiger charge is -2.13. The maximum Gasteiger partial charge on any atom is 0.308 e. The van der Waals surface area contributed by atoms with Gasteiger partial charge in [0.15, 0.2) is 0 Å². The third-order valence-electron chi connectivity index (χ3n) is 3.73. The number of pyridine rings is 1. The molecule has 0 spiro atoms. The Bertz CT molecular complexity index is 924. The molecule has 0 aliphatic carbocycles. The number of nitrogens with zero attached hydrogens (tertiary/aromatic N) is 2. The van der Waals surface area contributed by atoms with Gasteiger partial charge in [-0.1, -0.05) is 29.8 Å². The largest absolute Gasteiger partial charge is 0.459 e. The number of esters is 1. The SMILES string of the molecule is CC(CC(=O)OCc1cn2cc(Cl)ccc2n1)NC(=O)c1ccccc1. The van der Waals surface area contributed by atoms with E-state index in [4.69, 9.17) is 16.3 Å². The molecule has 26 heavy (non-hydrogen) atoms. The molecule has 3 aromatic rings. The lowest BCUT2D eigenvalue weighted by Crippen LogP contribution is -2.34. The van der Waals surface area contributed by atoms with Crippen molar-refractivity contribution in [2.75, 3.05) is 0 Å². The number of nitrogens with one attached hydrogen (secondary N) is 1. The molecular formula is C19H18ClN3O3. The molecule has 134 valence electrons. The summed E-state index contributed by atoms with van der Waals surface area (Å²) in [7, 11) is 0. The van der Waals surface area contributed by atoms with Gasteiger partial charge >= 0.3 is 5.97 Å². The first-order valence-electron chi connectivity index (χ1n) is 8.16. The number of hydrogen-bond donors (Lipinski definition) is 1. The van der Waals surface area contributed by atoms with Gasteiger partial charge in [0.05, 0.1) is 17.1 Å². The molecule has 0 aliphatic rings. The summed E-state index contributed by atoms with van der Waals surface area (Å²) >= 11 is 5.93. The van der Waals surface area contributed by atoms with Crippen molar-refractivity contribution in [3.05, 3.63) is 71.1 Å². The lowest BCUT2D eigenvalue weighted by atomic mass is 10.2. The lowest BCUT2D eigenvalue weighted by molar-refractivity contribution is -0.145. The van der Waals surface area contributed by atoms with Crippen molar-refractivity contribution in [2.45, 2.75) is 26.0 Å². The first-order valence-corrected chi connectivity index (χ1v) is 8.54. The Kier molecular flexibility index (Phi) is 5.53. The van der Waals surface area contributed by atoms with Gasteiger partial charge in [0.2, 0.25) is 0 Å². The minimum atomic E-state index is -0.402. The highest BCUT2D eigenvalue weighted by Crippen LogP contribution is 2.12. The van der Waals surface area contributed by atoms with Gasteiger partial charge in [0, 0.05) is 24.0 Å². The fourth-order valence-electron chi connectivity index (χ4n) is 2.50. The third-order valence-corrected chi connectivity index (χ3v) is 3.96. The van der Waals surface area contributed by atoms with Gasteiger partial charge in [0.25, 0.3) is 5.91 Å². The van der Waals surface area contributed by atoms with Gasteiger partial charge < -0.3 is 14.5 Å². The molecule has 0 saturated heterocycles. The van der Waals surface area contributed by atoms with E-state index in [1.54, 1.807) is 60.1 Å². The van der Waals surface area contributed by atoms with E-state index >= 15 is 0 Å². The zero-order valence-corrected chi connectivity index (χ0v) is 14.9. The second kappa shape index (κ2) is 8.01. The molecule has 0 fully saturated rings. The highest BCUT2D eigenvalue weighted by atomic mass is 35.5. The highest BCUT2D eigenvalue weighted by Gasteiger charge is 2.14. The van der Waals surface area contributed by atoms with E-state index in [2.05, 4.69) is 10.3 Å². The number of hydrogen-bond acceptors (Lipinski definition) is 4. The predicted octanol–water partition coefficient (Wildman–Crippen LogP) is 3.24. The molecule has 3 rings (SSSR count). The zero-order valence-electron chi connectivity index (χ0n) is 14.2. The van der Waals surface area contributed by atoms with Gasteiger partial charge in [-0.15, -0.1) is 0 Å². The topological polar surface area (TPSA) is 72.7 Å². The van der Waals surface area contributed by atoms with Crippen LogP contribution in [-0.2, 0) is 16.1 Å². The van der Waals surface area contributed by atoms with Crippen LogP contribution < -0.4 is 5.32 Å². The average molecular weight is 372 g/mol. The zero-order chi connectivity index (χ0) is 18.5. The van der Waals surface area contributed by atoms with Crippen molar-refractivity contribution < 1.29 is 14.3 Å². The molecular weight excluding hydrogens is 354 g/mol. The molecule has 7 heteroatoms. The fraction of sp³-hybridized carbons (Fsp3) is 0.211. The first kappa shape index (κ1) is 17.9. The van der Waals surface area contributed by atoms with E-state index in [0.717, 1.165) is 5.65 Å². The van der Waals surface area contributed by atoms with E-state index < -0.39 is 5.97 Å². The van der Waals surface area contributed by atoms with Crippen LogP contribution in [0, 0.1) is 0 Å². The quantitative estimate of drug-likeness (QED) is 0.675. The number of benzene rings is 1. The standard InChI is InChI=1S/C19H18ClN3O3/c1-13(21-19(25)14-5-3-2-4-6-14)9-18(24)26-12-16-11-23-10-15(20)7-8-17(23)22-16/h2-8,10-11,13H,9,12H2,1H3,(H,21,25). The smallest absolute Gasteiger partial charge is 0.308 e. The number of ether oxygens (including phenoxy) is 1. The maximum atomic E-state index is 12.1. The van der Waals surface area contributed by atoms with Crippen molar-refractivity contribution in [1.29, 1.82) is 0 Å². The van der Waals surface area contributed by atoms with Crippen molar-refractivity contribution in [3.63, 3.8) is 0 Å². The summed E-state index contributed by atoms with van der Waals surface area (Å²) in [5.74, 6) is -0.621. The van der Waals surface area contributed by atoms with E-state index in [1.165, 1.54) is 0 Å². The summed E-state index contributed by atoms with van der Waals surface area (Å²) < 4.78 is 7.02. The summed E-state index contributed by atoms with van der Waals surface area (Å²) in [5.41, 5.74) is 1.90. The molecule has 6 nitrogen and oxygen atoms in total. The fourth-order valence-corrected chi connectivity index (χ4v) is 2.67. The molecule has 2 heterocycles. The van der Waals surface area contributed by atoms with Crippen LogP contribution in [-0.4, -0.2) is 27.3 Å². The second-order valence-corrected chi connectivity index (χ2v) is 6.39. The molecule has 0 aliphatic heterocycles. The highest BCUT2D eigenvalue weighted by molar-refractivity contribution is 6.30. The molecule has 0 radical (unpaired) electrons. The molecule has 1 atom stereocenters. The maximum absolute atomic E-state index is 12.1. The van der Waals surface area contributed by atoms with Crippen LogP contribution in [0.15, 0.2) is 54.9 Å². The molecule has 1 amide bonds. The number of carbonyl (C=O) groups is 2. The van der Waals surface area contributed by atoms with Crippen LogP contribution in [0.5, 0.6) is 0 Å². The minimum absolute atomic E-state index is 0.0669. The Labute approximate surface area is 155 Å². The van der Waals surface area contributed by atoms with E-state index in [-0.39, 0.29) is 25.0 Å². The monoisotopic (exact) mass is 371 g/mol. The van der Waals surface area contributed by atoms with E-state index in [1.807, 2.05) is 6.07 Å². The summed E-state index contributed by atoms with van der Waals surface area (Å²) in [4.78, 5) is 28.4. The van der Waals surface area contributed by atoms with Gasteiger partial charge in [-0.05, 0) is 31.2 Å². The van der Waals surface area contributed by atoms with Crippen molar-refractivity contribution >= 4 is 29.1 Å². The number of imidazole rings is 1. The Morgan fingerprint density at radius 1 is 1.19 bits per heavy atom. The van der Waals surface area contributed by atoms with Gasteiger partial charge in [-0.2, -0.15) is 0 Å². The Balaban J connectivity index is 1.49. The van der Waals surface area contributed by atoms with Gasteiger partial charge in [-0.3, -0.25) is 9.59 Å². The van der Waals surface area contributed by atoms with Crippen LogP contribution >= 0.6 is 11.6 Å². The van der Waals surface area contributed by atoms with Crippen LogP contribution in [0.4, 0.5) is 0 Å². The predicted molar refractivity (Wildman–Crippen MR) is 98.0 cm³/mol. The molecule has 1 aromatic carbocycles. The second-order valence-electron chi connectivity index (χ2n) is 5.95. The third kappa shape index (κ3) is 4.61. The van der Waals surface area contributed by atoms with Crippen molar-refractivity contribution in [3.8, 4) is 0 Å². The minimum Gasteiger partial charge on any atom is -0.459 e. The van der Waals surface area contributed by atoms with Crippen LogP contribution in [0.1, 0.15) is 29.4 Å². The molecule has 0 saturated carbocycles. The Morgan fingerprint density at radius 2 is 1.96 bits per heavy atom. The number of halogens is 1. The van der Waals surface area contributed by atoms with Crippen LogP contribution in [0.2, 0.25) is 5.02 Å². The summed E-state index contributed by atoms with van der Waals surface area (Å²) in [6.45, 7) is 1.83. The first-order chi connectivity index (χ1) is 12.5. The van der Waals surface area contributed by atoms with Crippen molar-refractivity contribution in [1.82, 2.24) is 14.7 Å². The van der Waals surface area contributed by atoms with E-state index in [0.29, 0.717) is 16.3 Å². The average Bonchev–Trinajstić information content (AvgIpc) is 3.02. The Morgan fingerprint density at radius 3 is 2.73 bits per heavy atom. The normalized spacial score (nSPS) is 11.9.